The molecule has 2 N–H and O–H groups in total. The van der Waals surface area contributed by atoms with E-state index in [1.165, 1.54) is 4.31 Å². The van der Waals surface area contributed by atoms with Gasteiger partial charge in [-0.05, 0) is 62.4 Å². The van der Waals surface area contributed by atoms with Crippen molar-refractivity contribution >= 4 is 45.1 Å². The first-order valence-electron chi connectivity index (χ1n) is 10.1. The van der Waals surface area contributed by atoms with Crippen molar-refractivity contribution in [3.05, 3.63) is 83.4 Å². The fourth-order valence-corrected chi connectivity index (χ4v) is 5.33. The summed E-state index contributed by atoms with van der Waals surface area (Å²) in [5, 5.41) is 6.57. The van der Waals surface area contributed by atoms with Gasteiger partial charge in [0.15, 0.2) is 0 Å². The third-order valence-electron chi connectivity index (χ3n) is 5.01. The Morgan fingerprint density at radius 3 is 2.42 bits per heavy atom. The fourth-order valence-electron chi connectivity index (χ4n) is 3.43. The van der Waals surface area contributed by atoms with E-state index >= 15 is 0 Å². The van der Waals surface area contributed by atoms with Crippen LogP contribution in [0.3, 0.4) is 0 Å². The molecule has 2 aromatic carbocycles. The number of halogens is 1. The van der Waals surface area contributed by atoms with Crippen molar-refractivity contribution in [2.45, 2.75) is 24.3 Å². The predicted octanol–water partition coefficient (Wildman–Crippen LogP) is 3.92. The standard InChI is InChI=1S/C23H22ClN5O3S/c1-23(2)15-25-22(28-21(30)16-11-13-17(24)14-12-16)27-19-9-6-10-20(26-19)29(23)33(31,32)18-7-4-3-5-8-18/h3-14H,15H2,1-2H3,(H2,25,26,27,28,30). The number of hydrogen-bond acceptors (Lipinski definition) is 4. The van der Waals surface area contributed by atoms with Crippen LogP contribution in [0.15, 0.2) is 82.7 Å². The average molecular weight is 484 g/mol. The van der Waals surface area contributed by atoms with Gasteiger partial charge in [0, 0.05) is 17.1 Å². The van der Waals surface area contributed by atoms with Crippen molar-refractivity contribution in [1.29, 1.82) is 0 Å². The molecule has 2 heterocycles. The van der Waals surface area contributed by atoms with E-state index in [-0.39, 0.29) is 23.2 Å². The molecule has 0 spiro atoms. The molecule has 0 aliphatic carbocycles. The van der Waals surface area contributed by atoms with Gasteiger partial charge in [0.2, 0.25) is 5.96 Å². The van der Waals surface area contributed by atoms with Gasteiger partial charge < -0.3 is 10.6 Å². The van der Waals surface area contributed by atoms with Crippen molar-refractivity contribution in [3.63, 3.8) is 0 Å². The number of aromatic nitrogens is 1. The molecule has 1 aromatic heterocycles. The molecule has 33 heavy (non-hydrogen) atoms. The maximum absolute atomic E-state index is 13.6. The number of amides is 1. The van der Waals surface area contributed by atoms with Crippen LogP contribution in [0, 0.1) is 0 Å². The molecular formula is C23H22ClN5O3S. The summed E-state index contributed by atoms with van der Waals surface area (Å²) in [5.74, 6) is 0.268. The van der Waals surface area contributed by atoms with E-state index in [0.717, 1.165) is 0 Å². The number of carbonyl (C=O) groups excluding carboxylic acids is 1. The number of nitrogens with one attached hydrogen (secondary N) is 2. The maximum atomic E-state index is 13.6. The minimum absolute atomic E-state index is 0.152. The molecule has 0 radical (unpaired) electrons. The highest BCUT2D eigenvalue weighted by Crippen LogP contribution is 2.31. The van der Waals surface area contributed by atoms with Gasteiger partial charge in [0.05, 0.1) is 10.4 Å². The zero-order valence-corrected chi connectivity index (χ0v) is 19.6. The number of nitrogens with zero attached hydrogens (tertiary/aromatic N) is 3. The van der Waals surface area contributed by atoms with Crippen LogP contribution in [0.25, 0.3) is 0 Å². The van der Waals surface area contributed by atoms with Crippen molar-refractivity contribution in [2.24, 2.45) is 4.99 Å². The Kier molecular flexibility index (Phi) is 6.09. The lowest BCUT2D eigenvalue weighted by molar-refractivity contribution is 0.100. The largest absolute Gasteiger partial charge is 0.353 e. The molecule has 10 heteroatoms. The van der Waals surface area contributed by atoms with Crippen molar-refractivity contribution in [3.8, 4) is 0 Å². The number of sulfonamides is 1. The second kappa shape index (κ2) is 8.84. The highest BCUT2D eigenvalue weighted by atomic mass is 35.5. The van der Waals surface area contributed by atoms with Gasteiger partial charge in [-0.1, -0.05) is 35.9 Å². The van der Waals surface area contributed by atoms with Crippen LogP contribution >= 0.6 is 11.6 Å². The van der Waals surface area contributed by atoms with Gasteiger partial charge in [0.25, 0.3) is 15.9 Å². The minimum Gasteiger partial charge on any atom is -0.353 e. The summed E-state index contributed by atoms with van der Waals surface area (Å²) < 4.78 is 28.5. The molecular weight excluding hydrogens is 462 g/mol. The first-order chi connectivity index (χ1) is 15.7. The first kappa shape index (κ1) is 22.8. The normalized spacial score (nSPS) is 16.7. The number of benzene rings is 2. The summed E-state index contributed by atoms with van der Waals surface area (Å²) in [6.45, 7) is 3.70. The van der Waals surface area contributed by atoms with E-state index in [9.17, 15) is 13.2 Å². The molecule has 8 nitrogen and oxygen atoms in total. The number of guanidine groups is 1. The molecule has 0 saturated carbocycles. The smallest absolute Gasteiger partial charge is 0.280 e. The van der Waals surface area contributed by atoms with Crippen LogP contribution in [-0.2, 0) is 10.0 Å². The second-order valence-corrected chi connectivity index (χ2v) is 10.3. The first-order valence-corrected chi connectivity index (χ1v) is 12.0. The van der Waals surface area contributed by atoms with E-state index < -0.39 is 21.5 Å². The molecule has 4 rings (SSSR count). The number of anilines is 2. The average Bonchev–Trinajstić information content (AvgIpc) is 2.81. The lowest BCUT2D eigenvalue weighted by Gasteiger charge is -2.38. The van der Waals surface area contributed by atoms with Gasteiger partial charge in [0.1, 0.15) is 11.6 Å². The molecule has 1 aliphatic rings. The Morgan fingerprint density at radius 2 is 1.73 bits per heavy atom. The molecule has 0 saturated heterocycles. The number of pyridine rings is 1. The van der Waals surface area contributed by atoms with Crippen LogP contribution in [-0.4, -0.2) is 37.4 Å². The summed E-state index contributed by atoms with van der Waals surface area (Å²) in [4.78, 5) is 21.5. The van der Waals surface area contributed by atoms with Gasteiger partial charge in [-0.15, -0.1) is 0 Å². The monoisotopic (exact) mass is 483 g/mol. The fraction of sp³-hybridized carbons (Fsp3) is 0.174. The van der Waals surface area contributed by atoms with E-state index in [2.05, 4.69) is 20.6 Å². The topological polar surface area (TPSA) is 104 Å². The molecule has 170 valence electrons. The molecule has 1 amide bonds. The number of rotatable bonds is 3. The van der Waals surface area contributed by atoms with Crippen LogP contribution in [0.5, 0.6) is 0 Å². The molecule has 3 aromatic rings. The predicted molar refractivity (Wildman–Crippen MR) is 129 cm³/mol. The number of carbonyl (C=O) groups is 1. The molecule has 0 unspecified atom stereocenters. The Morgan fingerprint density at radius 1 is 1.03 bits per heavy atom. The summed E-state index contributed by atoms with van der Waals surface area (Å²) in [7, 11) is -3.93. The number of fused-ring (bicyclic) bond motifs is 2. The van der Waals surface area contributed by atoms with E-state index in [4.69, 9.17) is 11.6 Å². The van der Waals surface area contributed by atoms with Gasteiger partial charge in [-0.3, -0.25) is 4.79 Å². The highest BCUT2D eigenvalue weighted by molar-refractivity contribution is 7.92. The van der Waals surface area contributed by atoms with Crippen molar-refractivity contribution in [1.82, 2.24) is 10.3 Å². The minimum atomic E-state index is -3.93. The summed E-state index contributed by atoms with van der Waals surface area (Å²) >= 11 is 5.90. The molecule has 0 atom stereocenters. The Balaban J connectivity index is 1.73. The summed E-state index contributed by atoms with van der Waals surface area (Å²) in [5.41, 5.74) is -0.597. The van der Waals surface area contributed by atoms with Crippen LogP contribution in [0.4, 0.5) is 11.6 Å². The van der Waals surface area contributed by atoms with Crippen LogP contribution < -0.4 is 14.9 Å². The highest BCUT2D eigenvalue weighted by Gasteiger charge is 2.39. The van der Waals surface area contributed by atoms with Crippen LogP contribution in [0.2, 0.25) is 5.02 Å². The van der Waals surface area contributed by atoms with Crippen molar-refractivity contribution in [2.75, 3.05) is 16.2 Å². The summed E-state index contributed by atoms with van der Waals surface area (Å²) in [6.07, 6.45) is 0. The van der Waals surface area contributed by atoms with Crippen LogP contribution in [0.1, 0.15) is 24.2 Å². The zero-order valence-electron chi connectivity index (χ0n) is 18.0. The van der Waals surface area contributed by atoms with Gasteiger partial charge in [-0.2, -0.15) is 4.99 Å². The molecule has 1 aliphatic heterocycles. The van der Waals surface area contributed by atoms with E-state index in [0.29, 0.717) is 16.4 Å². The van der Waals surface area contributed by atoms with E-state index in [1.807, 2.05) is 0 Å². The third kappa shape index (κ3) is 4.84. The quantitative estimate of drug-likeness (QED) is 0.585. The number of hydrogen-bond donors (Lipinski definition) is 2. The molecule has 2 bridgehead atoms. The second-order valence-electron chi connectivity index (χ2n) is 8.03. The number of aliphatic imine (C=N–C) groups is 1. The van der Waals surface area contributed by atoms with Gasteiger partial charge in [-0.25, -0.2) is 17.7 Å². The molecule has 0 fully saturated rings. The Bertz CT molecular complexity index is 1310. The maximum Gasteiger partial charge on any atom is 0.280 e. The lowest BCUT2D eigenvalue weighted by atomic mass is 10.1. The van der Waals surface area contributed by atoms with Crippen molar-refractivity contribution < 1.29 is 13.2 Å². The lowest BCUT2D eigenvalue weighted by Crippen LogP contribution is -2.54. The zero-order chi connectivity index (χ0) is 23.6. The third-order valence-corrected chi connectivity index (χ3v) is 7.30. The SMILES string of the molecule is CC1(C)CN/C(=N/C(=O)c2ccc(Cl)cc2)Nc2cccc(n2)N1S(=O)(=O)c1ccccc1. The summed E-state index contributed by atoms with van der Waals surface area (Å²) in [6, 6.07) is 19.6. The Hall–Kier alpha value is -3.43. The van der Waals surface area contributed by atoms with Gasteiger partial charge >= 0.3 is 0 Å². The van der Waals surface area contributed by atoms with E-state index in [1.54, 1.807) is 86.6 Å². The Labute approximate surface area is 197 Å².